The molecule has 8 heteroatoms. The Morgan fingerprint density at radius 2 is 2.03 bits per heavy atom. The van der Waals surface area contributed by atoms with Crippen LogP contribution in [0.3, 0.4) is 0 Å². The number of nitrogens with zero attached hydrogens (tertiary/aromatic N) is 6. The zero-order chi connectivity index (χ0) is 20.2. The molecule has 0 aliphatic carbocycles. The molecular formula is C22H20N8. The van der Waals surface area contributed by atoms with Crippen LogP contribution in [0.1, 0.15) is 17.0 Å². The van der Waals surface area contributed by atoms with Crippen molar-refractivity contribution in [3.05, 3.63) is 66.0 Å². The zero-order valence-electron chi connectivity index (χ0n) is 16.5. The quantitative estimate of drug-likeness (QED) is 0.475. The molecule has 0 unspecified atom stereocenters. The molecule has 3 N–H and O–H groups in total. The van der Waals surface area contributed by atoms with Crippen LogP contribution in [0, 0.1) is 6.92 Å². The number of rotatable bonds is 2. The average molecular weight is 396 g/mol. The van der Waals surface area contributed by atoms with Gasteiger partial charge in [0.05, 0.1) is 36.0 Å². The van der Waals surface area contributed by atoms with E-state index in [-0.39, 0.29) is 0 Å². The highest BCUT2D eigenvalue weighted by Gasteiger charge is 2.24. The number of fused-ring (bicyclic) bond motifs is 3. The number of H-pyrrole nitrogens is 1. The molecule has 1 aliphatic rings. The second-order valence-corrected chi connectivity index (χ2v) is 7.66. The molecule has 148 valence electrons. The summed E-state index contributed by atoms with van der Waals surface area (Å²) in [5.41, 5.74) is 13.3. The molecule has 5 heterocycles. The van der Waals surface area contributed by atoms with Crippen molar-refractivity contribution in [1.82, 2.24) is 29.5 Å². The average Bonchev–Trinajstić information content (AvgIpc) is 3.42. The topological polar surface area (TPSA) is 101 Å². The highest BCUT2D eigenvalue weighted by atomic mass is 15.3. The van der Waals surface area contributed by atoms with E-state index in [2.05, 4.69) is 37.1 Å². The van der Waals surface area contributed by atoms with Crippen molar-refractivity contribution < 1.29 is 0 Å². The fourth-order valence-corrected chi connectivity index (χ4v) is 4.21. The third-order valence-electron chi connectivity index (χ3n) is 5.88. The largest absolute Gasteiger partial charge is 0.383 e. The van der Waals surface area contributed by atoms with Crippen LogP contribution in [-0.2, 0) is 13.0 Å². The molecular weight excluding hydrogens is 376 g/mol. The first-order valence-electron chi connectivity index (χ1n) is 9.94. The lowest BCUT2D eigenvalue weighted by Crippen LogP contribution is -2.32. The lowest BCUT2D eigenvalue weighted by molar-refractivity contribution is 0.698. The van der Waals surface area contributed by atoms with Crippen LogP contribution in [0.2, 0.25) is 0 Å². The summed E-state index contributed by atoms with van der Waals surface area (Å²) in [7, 11) is 0. The van der Waals surface area contributed by atoms with Gasteiger partial charge in [-0.05, 0) is 19.1 Å². The normalized spacial score (nSPS) is 13.8. The monoisotopic (exact) mass is 396 g/mol. The van der Waals surface area contributed by atoms with Crippen LogP contribution < -0.4 is 10.6 Å². The molecule has 0 atom stereocenters. The Hall–Kier alpha value is -3.94. The number of pyridine rings is 1. The van der Waals surface area contributed by atoms with E-state index in [0.29, 0.717) is 5.82 Å². The number of hydrogen-bond donors (Lipinski definition) is 2. The van der Waals surface area contributed by atoms with Gasteiger partial charge in [-0.25, -0.2) is 9.97 Å². The van der Waals surface area contributed by atoms with Crippen LogP contribution in [0.25, 0.3) is 27.7 Å². The molecule has 1 aliphatic heterocycles. The molecule has 30 heavy (non-hydrogen) atoms. The SMILES string of the molecule is Cc1c(N2CCc3nc[nH]c3C2)nc2c(-c3cnc4ccccc4c3)cnn2c1N. The van der Waals surface area contributed by atoms with Crippen molar-refractivity contribution in [3.63, 3.8) is 0 Å². The van der Waals surface area contributed by atoms with E-state index in [4.69, 9.17) is 10.7 Å². The number of aromatic amines is 1. The first-order chi connectivity index (χ1) is 14.7. The molecule has 0 bridgehead atoms. The number of benzene rings is 1. The molecule has 0 radical (unpaired) electrons. The molecule has 0 fully saturated rings. The Morgan fingerprint density at radius 3 is 2.97 bits per heavy atom. The van der Waals surface area contributed by atoms with Gasteiger partial charge >= 0.3 is 0 Å². The zero-order valence-corrected chi connectivity index (χ0v) is 16.5. The van der Waals surface area contributed by atoms with E-state index in [0.717, 1.165) is 70.0 Å². The van der Waals surface area contributed by atoms with Gasteiger partial charge in [0, 0.05) is 41.2 Å². The van der Waals surface area contributed by atoms with Crippen molar-refractivity contribution in [2.24, 2.45) is 0 Å². The molecule has 5 aromatic rings. The van der Waals surface area contributed by atoms with Gasteiger partial charge in [-0.15, -0.1) is 0 Å². The van der Waals surface area contributed by atoms with Gasteiger partial charge in [0.15, 0.2) is 5.65 Å². The van der Waals surface area contributed by atoms with Crippen molar-refractivity contribution >= 4 is 28.2 Å². The minimum Gasteiger partial charge on any atom is -0.383 e. The van der Waals surface area contributed by atoms with Crippen molar-refractivity contribution in [3.8, 4) is 11.1 Å². The summed E-state index contributed by atoms with van der Waals surface area (Å²) < 4.78 is 1.72. The van der Waals surface area contributed by atoms with Gasteiger partial charge < -0.3 is 15.6 Å². The van der Waals surface area contributed by atoms with E-state index in [9.17, 15) is 0 Å². The Kier molecular flexibility index (Phi) is 3.55. The van der Waals surface area contributed by atoms with E-state index in [1.54, 1.807) is 10.8 Å². The highest BCUT2D eigenvalue weighted by Crippen LogP contribution is 2.32. The predicted octanol–water partition coefficient (Wildman–Crippen LogP) is 3.12. The Bertz CT molecular complexity index is 1410. The molecule has 8 nitrogen and oxygen atoms in total. The molecule has 1 aromatic carbocycles. The van der Waals surface area contributed by atoms with Crippen LogP contribution in [-0.4, -0.2) is 36.1 Å². The fraction of sp³-hybridized carbons (Fsp3) is 0.182. The maximum absolute atomic E-state index is 6.48. The van der Waals surface area contributed by atoms with Gasteiger partial charge in [0.25, 0.3) is 0 Å². The van der Waals surface area contributed by atoms with Gasteiger partial charge in [0.2, 0.25) is 0 Å². The maximum Gasteiger partial charge on any atom is 0.167 e. The summed E-state index contributed by atoms with van der Waals surface area (Å²) in [6, 6.07) is 10.2. The van der Waals surface area contributed by atoms with E-state index in [1.807, 2.05) is 37.5 Å². The smallest absolute Gasteiger partial charge is 0.167 e. The first kappa shape index (κ1) is 17.0. The summed E-state index contributed by atoms with van der Waals surface area (Å²) in [5.74, 6) is 1.49. The number of nitrogens with one attached hydrogen (secondary N) is 1. The van der Waals surface area contributed by atoms with Gasteiger partial charge in [0.1, 0.15) is 11.6 Å². The number of nitrogens with two attached hydrogens (primary N) is 1. The molecule has 0 amide bonds. The Balaban J connectivity index is 1.50. The second kappa shape index (κ2) is 6.28. The second-order valence-electron chi connectivity index (χ2n) is 7.66. The Morgan fingerprint density at radius 1 is 1.13 bits per heavy atom. The maximum atomic E-state index is 6.48. The summed E-state index contributed by atoms with van der Waals surface area (Å²) in [6.45, 7) is 3.58. The van der Waals surface area contributed by atoms with Crippen molar-refractivity contribution in [2.45, 2.75) is 19.9 Å². The van der Waals surface area contributed by atoms with Crippen LogP contribution >= 0.6 is 0 Å². The van der Waals surface area contributed by atoms with Gasteiger partial charge in [-0.1, -0.05) is 18.2 Å². The van der Waals surface area contributed by atoms with E-state index in [1.165, 1.54) is 0 Å². The third kappa shape index (κ3) is 2.46. The molecule has 0 saturated heterocycles. The molecule has 0 saturated carbocycles. The van der Waals surface area contributed by atoms with Crippen molar-refractivity contribution in [2.75, 3.05) is 17.2 Å². The minimum absolute atomic E-state index is 0.602. The van der Waals surface area contributed by atoms with Crippen molar-refractivity contribution in [1.29, 1.82) is 0 Å². The summed E-state index contributed by atoms with van der Waals surface area (Å²) >= 11 is 0. The highest BCUT2D eigenvalue weighted by molar-refractivity contribution is 5.87. The van der Waals surface area contributed by atoms with Crippen LogP contribution in [0.5, 0.6) is 0 Å². The molecule has 4 aromatic heterocycles. The molecule has 0 spiro atoms. The van der Waals surface area contributed by atoms with Gasteiger partial charge in [-0.2, -0.15) is 9.61 Å². The van der Waals surface area contributed by atoms with E-state index < -0.39 is 0 Å². The minimum atomic E-state index is 0.602. The Labute approximate surface area is 172 Å². The number of aromatic nitrogens is 6. The van der Waals surface area contributed by atoms with Gasteiger partial charge in [-0.3, -0.25) is 4.98 Å². The lowest BCUT2D eigenvalue weighted by Gasteiger charge is -2.29. The fourth-order valence-electron chi connectivity index (χ4n) is 4.21. The predicted molar refractivity (Wildman–Crippen MR) is 116 cm³/mol. The number of anilines is 2. The standard InChI is InChI=1S/C22H20N8/c1-13-20(23)30-22(28-21(13)29-7-6-18-19(11-29)26-12-25-18)16(10-27-30)15-8-14-4-2-3-5-17(14)24-9-15/h2-5,8-10,12H,6-7,11,23H2,1H3,(H,25,26). The van der Waals surface area contributed by atoms with E-state index >= 15 is 0 Å². The summed E-state index contributed by atoms with van der Waals surface area (Å²) in [4.78, 5) is 19.5. The number of hydrogen-bond acceptors (Lipinski definition) is 6. The number of para-hydroxylation sites is 1. The third-order valence-corrected chi connectivity index (χ3v) is 5.88. The number of nitrogen functional groups attached to an aromatic ring is 1. The lowest BCUT2D eigenvalue weighted by atomic mass is 10.1. The first-order valence-corrected chi connectivity index (χ1v) is 9.94. The summed E-state index contributed by atoms with van der Waals surface area (Å²) in [5, 5.41) is 5.60. The summed E-state index contributed by atoms with van der Waals surface area (Å²) in [6.07, 6.45) is 6.32. The molecule has 6 rings (SSSR count). The number of imidazole rings is 1. The van der Waals surface area contributed by atoms with Crippen LogP contribution in [0.4, 0.5) is 11.6 Å². The van der Waals surface area contributed by atoms with Crippen LogP contribution in [0.15, 0.2) is 49.1 Å².